The first-order valence-corrected chi connectivity index (χ1v) is 7.84. The number of halogens is 1. The number of benzene rings is 2. The van der Waals surface area contributed by atoms with E-state index in [1.54, 1.807) is 6.07 Å². The van der Waals surface area contributed by atoms with Crippen LogP contribution in [-0.4, -0.2) is 12.6 Å². The van der Waals surface area contributed by atoms with Gasteiger partial charge in [-0.2, -0.15) is 0 Å². The van der Waals surface area contributed by atoms with Gasteiger partial charge in [0.05, 0.1) is 12.2 Å². The summed E-state index contributed by atoms with van der Waals surface area (Å²) in [4.78, 5) is 12.2. The largest absolute Gasteiger partial charge is 0.494 e. The van der Waals surface area contributed by atoms with Gasteiger partial charge in [0, 0.05) is 6.07 Å². The van der Waals surface area contributed by atoms with E-state index in [0.29, 0.717) is 18.8 Å². The van der Waals surface area contributed by atoms with Crippen molar-refractivity contribution in [1.82, 2.24) is 0 Å². The average Bonchev–Trinajstić information content (AvgIpc) is 2.58. The molecule has 0 amide bonds. The van der Waals surface area contributed by atoms with Crippen LogP contribution in [0.4, 0.5) is 4.39 Å². The quantitative estimate of drug-likeness (QED) is 0.680. The summed E-state index contributed by atoms with van der Waals surface area (Å²) >= 11 is 0. The summed E-state index contributed by atoms with van der Waals surface area (Å²) in [7, 11) is 0. The van der Waals surface area contributed by atoms with Crippen LogP contribution >= 0.6 is 0 Å². The molecule has 0 bridgehead atoms. The molecule has 122 valence electrons. The minimum Gasteiger partial charge on any atom is -0.494 e. The van der Waals surface area contributed by atoms with E-state index in [1.807, 2.05) is 44.2 Å². The molecule has 0 saturated heterocycles. The molecule has 23 heavy (non-hydrogen) atoms. The molecule has 0 saturated carbocycles. The van der Waals surface area contributed by atoms with Gasteiger partial charge in [0.25, 0.3) is 0 Å². The van der Waals surface area contributed by atoms with Crippen LogP contribution in [0.2, 0.25) is 0 Å². The maximum Gasteiger partial charge on any atom is 0.341 e. The Morgan fingerprint density at radius 3 is 2.48 bits per heavy atom. The first kappa shape index (κ1) is 17.0. The van der Waals surface area contributed by atoms with Gasteiger partial charge in [0.1, 0.15) is 17.7 Å². The predicted molar refractivity (Wildman–Crippen MR) is 87.1 cm³/mol. The average molecular weight is 316 g/mol. The van der Waals surface area contributed by atoms with E-state index in [0.717, 1.165) is 12.0 Å². The summed E-state index contributed by atoms with van der Waals surface area (Å²) in [6.07, 6.45) is 1.06. The van der Waals surface area contributed by atoms with Crippen LogP contribution in [-0.2, 0) is 4.74 Å². The van der Waals surface area contributed by atoms with Crippen molar-refractivity contribution in [2.75, 3.05) is 6.61 Å². The smallest absolute Gasteiger partial charge is 0.341 e. The normalized spacial score (nSPS) is 11.8. The molecule has 4 heteroatoms. The second-order valence-electron chi connectivity index (χ2n) is 5.20. The summed E-state index contributed by atoms with van der Waals surface area (Å²) in [5.41, 5.74) is 0.815. The van der Waals surface area contributed by atoms with Crippen molar-refractivity contribution in [2.45, 2.75) is 32.8 Å². The third-order valence-electron chi connectivity index (χ3n) is 3.42. The third-order valence-corrected chi connectivity index (χ3v) is 3.42. The summed E-state index contributed by atoms with van der Waals surface area (Å²) in [5, 5.41) is 0. The monoisotopic (exact) mass is 316 g/mol. The molecule has 2 aromatic rings. The van der Waals surface area contributed by atoms with Crippen LogP contribution in [0.3, 0.4) is 0 Å². The SMILES string of the molecule is CCCOc1ccc(C(=O)OC(CC)c2ccccc2)c(F)c1. The summed E-state index contributed by atoms with van der Waals surface area (Å²) < 4.78 is 24.9. The lowest BCUT2D eigenvalue weighted by atomic mass is 10.1. The van der Waals surface area contributed by atoms with E-state index >= 15 is 0 Å². The lowest BCUT2D eigenvalue weighted by molar-refractivity contribution is 0.0282. The molecule has 1 unspecified atom stereocenters. The van der Waals surface area contributed by atoms with E-state index in [2.05, 4.69) is 0 Å². The maximum absolute atomic E-state index is 14.1. The van der Waals surface area contributed by atoms with Crippen LogP contribution < -0.4 is 4.74 Å². The molecule has 0 aliphatic carbocycles. The van der Waals surface area contributed by atoms with Crippen LogP contribution in [0.1, 0.15) is 48.7 Å². The molecular formula is C19H21FO3. The Morgan fingerprint density at radius 2 is 1.87 bits per heavy atom. The van der Waals surface area contributed by atoms with Crippen LogP contribution in [0.25, 0.3) is 0 Å². The number of hydrogen-bond donors (Lipinski definition) is 0. The second kappa shape index (κ2) is 8.32. The standard InChI is InChI=1S/C19H21FO3/c1-3-12-22-15-10-11-16(17(20)13-15)19(21)23-18(4-2)14-8-6-5-7-9-14/h5-11,13,18H,3-4,12H2,1-2H3. The van der Waals surface area contributed by atoms with Crippen LogP contribution in [0.15, 0.2) is 48.5 Å². The van der Waals surface area contributed by atoms with E-state index in [9.17, 15) is 9.18 Å². The van der Waals surface area contributed by atoms with Gasteiger partial charge in [-0.1, -0.05) is 44.2 Å². The number of ether oxygens (including phenoxy) is 2. The molecular weight excluding hydrogens is 295 g/mol. The van der Waals surface area contributed by atoms with E-state index in [-0.39, 0.29) is 11.7 Å². The summed E-state index contributed by atoms with van der Waals surface area (Å²) in [6.45, 7) is 4.40. The zero-order chi connectivity index (χ0) is 16.7. The van der Waals surface area contributed by atoms with Gasteiger partial charge >= 0.3 is 5.97 Å². The zero-order valence-corrected chi connectivity index (χ0v) is 13.4. The van der Waals surface area contributed by atoms with Crippen molar-refractivity contribution in [3.05, 3.63) is 65.5 Å². The Balaban J connectivity index is 2.10. The Labute approximate surface area is 136 Å². The van der Waals surface area contributed by atoms with Crippen LogP contribution in [0.5, 0.6) is 5.75 Å². The third kappa shape index (κ3) is 4.55. The fourth-order valence-corrected chi connectivity index (χ4v) is 2.22. The molecule has 0 N–H and O–H groups in total. The fourth-order valence-electron chi connectivity index (χ4n) is 2.22. The Morgan fingerprint density at radius 1 is 1.13 bits per heavy atom. The van der Waals surface area contributed by atoms with Gasteiger partial charge in [0.15, 0.2) is 0 Å². The minimum atomic E-state index is -0.666. The fraction of sp³-hybridized carbons (Fsp3) is 0.316. The number of carbonyl (C=O) groups excluding carboxylic acids is 1. The van der Waals surface area contributed by atoms with E-state index in [1.165, 1.54) is 12.1 Å². The highest BCUT2D eigenvalue weighted by Gasteiger charge is 2.19. The lowest BCUT2D eigenvalue weighted by Gasteiger charge is -2.17. The van der Waals surface area contributed by atoms with Gasteiger partial charge in [-0.05, 0) is 30.5 Å². The molecule has 0 aliphatic heterocycles. The van der Waals surface area contributed by atoms with Crippen molar-refractivity contribution in [1.29, 1.82) is 0 Å². The number of carbonyl (C=O) groups is 1. The van der Waals surface area contributed by atoms with Crippen molar-refractivity contribution >= 4 is 5.97 Å². The Hall–Kier alpha value is -2.36. The number of hydrogen-bond acceptors (Lipinski definition) is 3. The van der Waals surface area contributed by atoms with Gasteiger partial charge in [-0.25, -0.2) is 9.18 Å². The predicted octanol–water partition coefficient (Wildman–Crippen LogP) is 4.92. The van der Waals surface area contributed by atoms with Gasteiger partial charge in [0.2, 0.25) is 0 Å². The zero-order valence-electron chi connectivity index (χ0n) is 13.4. The highest BCUT2D eigenvalue weighted by Crippen LogP contribution is 2.24. The summed E-state index contributed by atoms with van der Waals surface area (Å²) in [6, 6.07) is 13.6. The first-order valence-electron chi connectivity index (χ1n) is 7.84. The highest BCUT2D eigenvalue weighted by atomic mass is 19.1. The van der Waals surface area contributed by atoms with Gasteiger partial charge in [-0.15, -0.1) is 0 Å². The van der Waals surface area contributed by atoms with Crippen molar-refractivity contribution in [3.8, 4) is 5.75 Å². The molecule has 3 nitrogen and oxygen atoms in total. The van der Waals surface area contributed by atoms with E-state index < -0.39 is 11.8 Å². The molecule has 1 atom stereocenters. The molecule has 0 heterocycles. The van der Waals surface area contributed by atoms with Crippen molar-refractivity contribution in [2.24, 2.45) is 0 Å². The molecule has 0 fully saturated rings. The molecule has 2 rings (SSSR count). The first-order chi connectivity index (χ1) is 11.2. The topological polar surface area (TPSA) is 35.5 Å². The highest BCUT2D eigenvalue weighted by molar-refractivity contribution is 5.90. The maximum atomic E-state index is 14.1. The molecule has 2 aromatic carbocycles. The Kier molecular flexibility index (Phi) is 6.15. The summed E-state index contributed by atoms with van der Waals surface area (Å²) in [5.74, 6) is -0.886. The molecule has 0 radical (unpaired) electrons. The van der Waals surface area contributed by atoms with Crippen LogP contribution in [0, 0.1) is 5.82 Å². The second-order valence-corrected chi connectivity index (χ2v) is 5.20. The van der Waals surface area contributed by atoms with E-state index in [4.69, 9.17) is 9.47 Å². The van der Waals surface area contributed by atoms with Crippen molar-refractivity contribution in [3.63, 3.8) is 0 Å². The number of rotatable bonds is 7. The molecule has 0 spiro atoms. The Bertz CT molecular complexity index is 640. The molecule has 0 aromatic heterocycles. The van der Waals surface area contributed by atoms with Gasteiger partial charge < -0.3 is 9.47 Å². The minimum absolute atomic E-state index is 0.0803. The van der Waals surface area contributed by atoms with Crippen molar-refractivity contribution < 1.29 is 18.7 Å². The number of esters is 1. The lowest BCUT2D eigenvalue weighted by Crippen LogP contribution is -2.12. The molecule has 0 aliphatic rings. The van der Waals surface area contributed by atoms with Gasteiger partial charge in [-0.3, -0.25) is 0 Å².